The Labute approximate surface area is 158 Å². The van der Waals surface area contributed by atoms with Crippen molar-refractivity contribution in [3.8, 4) is 0 Å². The third-order valence-electron chi connectivity index (χ3n) is 3.81. The molecular weight excluding hydrogens is 334 g/mol. The minimum atomic E-state index is -0.455. The maximum atomic E-state index is 11.9. The number of esters is 1. The van der Waals surface area contributed by atoms with Crippen molar-refractivity contribution in [2.45, 2.75) is 65.6 Å². The van der Waals surface area contributed by atoms with Crippen LogP contribution in [-0.2, 0) is 14.3 Å². The molecule has 0 unspecified atom stereocenters. The summed E-state index contributed by atoms with van der Waals surface area (Å²) in [5.74, 6) is -0.154. The number of rotatable bonds is 7. The topological polar surface area (TPSA) is 71.1 Å². The monoisotopic (exact) mass is 371 g/mol. The van der Waals surface area contributed by atoms with Crippen molar-refractivity contribution >= 4 is 12.1 Å². The number of nitrogens with one attached hydrogen (secondary N) is 1. The smallest absolute Gasteiger partial charge is 0.407 e. The number of carbonyl (C=O) groups excluding carboxylic acids is 2. The summed E-state index contributed by atoms with van der Waals surface area (Å²) in [6.07, 6.45) is 1.60. The lowest BCUT2D eigenvalue weighted by Gasteiger charge is -2.34. The summed E-state index contributed by atoms with van der Waals surface area (Å²) >= 11 is 0. The minimum Gasteiger partial charge on any atom is -0.459 e. The number of carbonyl (C=O) groups is 2. The van der Waals surface area contributed by atoms with Gasteiger partial charge in [-0.15, -0.1) is 0 Å². The maximum absolute atomic E-state index is 11.9. The molecule has 0 aromatic heterocycles. The fourth-order valence-electron chi connectivity index (χ4n) is 2.69. The average Bonchev–Trinajstić information content (AvgIpc) is 2.44. The number of alkyl carbamates (subject to hydrolysis) is 1. The van der Waals surface area contributed by atoms with Crippen LogP contribution in [0.15, 0.2) is 0 Å². The van der Waals surface area contributed by atoms with Gasteiger partial charge < -0.3 is 19.7 Å². The summed E-state index contributed by atoms with van der Waals surface area (Å²) in [6, 6.07) is 0. The molecule has 1 aliphatic rings. The van der Waals surface area contributed by atoms with Crippen LogP contribution in [0.2, 0.25) is 0 Å². The molecule has 0 saturated carbocycles. The molecule has 0 aromatic rings. The second-order valence-corrected chi connectivity index (χ2v) is 8.84. The van der Waals surface area contributed by atoms with Crippen LogP contribution in [0.5, 0.6) is 0 Å². The maximum Gasteiger partial charge on any atom is 0.407 e. The molecule has 0 spiro atoms. The first kappa shape index (κ1) is 22.7. The predicted octanol–water partition coefficient (Wildman–Crippen LogP) is 2.25. The fraction of sp³-hybridized carbons (Fsp3) is 0.895. The predicted molar refractivity (Wildman–Crippen MR) is 102 cm³/mol. The summed E-state index contributed by atoms with van der Waals surface area (Å²) in [4.78, 5) is 28.0. The molecule has 1 aliphatic heterocycles. The molecule has 0 bridgehead atoms. The van der Waals surface area contributed by atoms with Gasteiger partial charge in [0, 0.05) is 32.7 Å². The molecule has 0 atom stereocenters. The van der Waals surface area contributed by atoms with Crippen molar-refractivity contribution in [3.63, 3.8) is 0 Å². The Kier molecular flexibility index (Phi) is 8.83. The second kappa shape index (κ2) is 10.1. The number of amides is 1. The first-order valence-electron chi connectivity index (χ1n) is 9.58. The molecule has 7 heteroatoms. The van der Waals surface area contributed by atoms with Crippen LogP contribution in [0.4, 0.5) is 4.79 Å². The lowest BCUT2D eigenvalue weighted by molar-refractivity contribution is -0.156. The van der Waals surface area contributed by atoms with Gasteiger partial charge in [-0.05, 0) is 60.9 Å². The van der Waals surface area contributed by atoms with E-state index in [0.717, 1.165) is 45.6 Å². The van der Waals surface area contributed by atoms with Crippen molar-refractivity contribution in [3.05, 3.63) is 0 Å². The number of unbranched alkanes of at least 4 members (excludes halogenated alkanes) is 1. The van der Waals surface area contributed by atoms with Gasteiger partial charge in [0.15, 0.2) is 0 Å². The Balaban J connectivity index is 2.08. The van der Waals surface area contributed by atoms with E-state index in [0.29, 0.717) is 13.1 Å². The molecule has 1 heterocycles. The zero-order valence-corrected chi connectivity index (χ0v) is 17.4. The van der Waals surface area contributed by atoms with E-state index in [-0.39, 0.29) is 12.1 Å². The van der Waals surface area contributed by atoms with Crippen LogP contribution in [0, 0.1) is 0 Å². The Bertz CT molecular complexity index is 447. The molecule has 0 aromatic carbocycles. The van der Waals surface area contributed by atoms with Gasteiger partial charge in [0.1, 0.15) is 11.2 Å². The number of hydrogen-bond donors (Lipinski definition) is 1. The molecule has 1 saturated heterocycles. The zero-order chi connectivity index (χ0) is 19.8. The Morgan fingerprint density at radius 2 is 1.38 bits per heavy atom. The van der Waals surface area contributed by atoms with Crippen LogP contribution in [0.1, 0.15) is 54.4 Å². The first-order valence-corrected chi connectivity index (χ1v) is 9.58. The fourth-order valence-corrected chi connectivity index (χ4v) is 2.69. The van der Waals surface area contributed by atoms with Gasteiger partial charge in [-0.3, -0.25) is 9.69 Å². The normalized spacial score (nSPS) is 17.0. The molecule has 0 aliphatic carbocycles. The quantitative estimate of drug-likeness (QED) is 0.547. The molecule has 0 radical (unpaired) electrons. The highest BCUT2D eigenvalue weighted by Gasteiger charge is 2.22. The highest BCUT2D eigenvalue weighted by atomic mass is 16.6. The summed E-state index contributed by atoms with van der Waals surface area (Å²) in [5, 5.41) is 2.78. The highest BCUT2D eigenvalue weighted by Crippen LogP contribution is 2.09. The summed E-state index contributed by atoms with van der Waals surface area (Å²) in [5.41, 5.74) is -0.880. The Morgan fingerprint density at radius 1 is 0.846 bits per heavy atom. The largest absolute Gasteiger partial charge is 0.459 e. The Morgan fingerprint density at radius 3 is 1.92 bits per heavy atom. The van der Waals surface area contributed by atoms with Gasteiger partial charge in [0.25, 0.3) is 0 Å². The van der Waals surface area contributed by atoms with Gasteiger partial charge >= 0.3 is 12.1 Å². The van der Waals surface area contributed by atoms with Crippen molar-refractivity contribution < 1.29 is 19.1 Å². The van der Waals surface area contributed by atoms with Gasteiger partial charge in [0.05, 0.1) is 6.54 Å². The standard InChI is InChI=1S/C19H37N3O4/c1-18(2,3)25-16(23)15-22-13-11-21(12-14-22)10-8-7-9-20-17(24)26-19(4,5)6/h7-15H2,1-6H3,(H,20,24). The zero-order valence-electron chi connectivity index (χ0n) is 17.4. The van der Waals surface area contributed by atoms with E-state index >= 15 is 0 Å². The summed E-state index contributed by atoms with van der Waals surface area (Å²) in [7, 11) is 0. The van der Waals surface area contributed by atoms with E-state index in [1.807, 2.05) is 41.5 Å². The van der Waals surface area contributed by atoms with E-state index in [4.69, 9.17) is 9.47 Å². The van der Waals surface area contributed by atoms with Gasteiger partial charge in [-0.2, -0.15) is 0 Å². The molecule has 7 nitrogen and oxygen atoms in total. The number of ether oxygens (including phenoxy) is 2. The van der Waals surface area contributed by atoms with Crippen LogP contribution in [0.3, 0.4) is 0 Å². The van der Waals surface area contributed by atoms with Crippen molar-refractivity contribution in [2.24, 2.45) is 0 Å². The molecule has 1 amide bonds. The summed E-state index contributed by atoms with van der Waals surface area (Å²) in [6.45, 7) is 16.9. The molecule has 1 rings (SSSR count). The highest BCUT2D eigenvalue weighted by molar-refractivity contribution is 5.72. The van der Waals surface area contributed by atoms with Gasteiger partial charge in [-0.1, -0.05) is 0 Å². The van der Waals surface area contributed by atoms with Crippen LogP contribution in [0.25, 0.3) is 0 Å². The van der Waals surface area contributed by atoms with E-state index in [2.05, 4.69) is 15.1 Å². The van der Waals surface area contributed by atoms with Crippen LogP contribution >= 0.6 is 0 Å². The van der Waals surface area contributed by atoms with Crippen molar-refractivity contribution in [1.82, 2.24) is 15.1 Å². The summed E-state index contributed by atoms with van der Waals surface area (Å²) < 4.78 is 10.6. The molecule has 152 valence electrons. The van der Waals surface area contributed by atoms with E-state index in [1.54, 1.807) is 0 Å². The van der Waals surface area contributed by atoms with Crippen LogP contribution in [-0.4, -0.2) is 78.9 Å². The van der Waals surface area contributed by atoms with E-state index < -0.39 is 11.2 Å². The lowest BCUT2D eigenvalue weighted by atomic mass is 10.2. The molecule has 1 fully saturated rings. The van der Waals surface area contributed by atoms with Crippen molar-refractivity contribution in [2.75, 3.05) is 45.8 Å². The molecule has 26 heavy (non-hydrogen) atoms. The van der Waals surface area contributed by atoms with Gasteiger partial charge in [0.2, 0.25) is 0 Å². The molecule has 1 N–H and O–H groups in total. The van der Waals surface area contributed by atoms with E-state index in [9.17, 15) is 9.59 Å². The third kappa shape index (κ3) is 11.3. The lowest BCUT2D eigenvalue weighted by Crippen LogP contribution is -2.48. The van der Waals surface area contributed by atoms with Crippen molar-refractivity contribution in [1.29, 1.82) is 0 Å². The molecular formula is C19H37N3O4. The van der Waals surface area contributed by atoms with Gasteiger partial charge in [-0.25, -0.2) is 4.79 Å². The minimum absolute atomic E-state index is 0.154. The number of piperazine rings is 1. The Hall–Kier alpha value is -1.34. The average molecular weight is 372 g/mol. The van der Waals surface area contributed by atoms with E-state index in [1.165, 1.54) is 0 Å². The number of hydrogen-bond acceptors (Lipinski definition) is 6. The van der Waals surface area contributed by atoms with Crippen LogP contribution < -0.4 is 5.32 Å². The SMILES string of the molecule is CC(C)(C)OC(=O)CN1CCN(CCCCNC(=O)OC(C)(C)C)CC1. The second-order valence-electron chi connectivity index (χ2n) is 8.84. The third-order valence-corrected chi connectivity index (χ3v) is 3.81. The number of nitrogens with zero attached hydrogens (tertiary/aromatic N) is 2. The first-order chi connectivity index (χ1) is 11.9.